The molecule has 1 radical (unpaired) electrons. The van der Waals surface area contributed by atoms with Gasteiger partial charge in [-0.1, -0.05) is 97.9 Å². The molecule has 0 aliphatic heterocycles. The van der Waals surface area contributed by atoms with Crippen LogP contribution in [0.1, 0.15) is 23.1 Å². The van der Waals surface area contributed by atoms with Crippen LogP contribution in [-0.4, -0.2) is 40.6 Å². The molecule has 0 aliphatic rings. The SMILES string of the molecule is [CH2]C[C@@H](COC(c1ccccc1)(c1ccccc1)c1ccccc1)OCCOS(C)(=O)=O. The summed E-state index contributed by atoms with van der Waals surface area (Å²) in [6.07, 6.45) is 1.16. The highest BCUT2D eigenvalue weighted by molar-refractivity contribution is 7.85. The third-order valence-electron chi connectivity index (χ3n) is 5.08. The first-order chi connectivity index (χ1) is 15.5. The van der Waals surface area contributed by atoms with Crippen LogP contribution < -0.4 is 0 Å². The maximum Gasteiger partial charge on any atom is 0.264 e. The Morgan fingerprint density at radius 1 is 0.781 bits per heavy atom. The van der Waals surface area contributed by atoms with E-state index in [0.29, 0.717) is 6.42 Å². The largest absolute Gasteiger partial charge is 0.373 e. The van der Waals surface area contributed by atoms with Gasteiger partial charge in [-0.2, -0.15) is 8.42 Å². The summed E-state index contributed by atoms with van der Waals surface area (Å²) < 4.78 is 39.6. The lowest BCUT2D eigenvalue weighted by Gasteiger charge is -2.37. The van der Waals surface area contributed by atoms with Crippen LogP contribution in [0.25, 0.3) is 0 Å². The van der Waals surface area contributed by atoms with Gasteiger partial charge in [-0.25, -0.2) is 0 Å². The predicted molar refractivity (Wildman–Crippen MR) is 126 cm³/mol. The topological polar surface area (TPSA) is 61.8 Å². The Morgan fingerprint density at radius 2 is 1.22 bits per heavy atom. The summed E-state index contributed by atoms with van der Waals surface area (Å²) in [6, 6.07) is 30.3. The molecule has 3 aromatic carbocycles. The summed E-state index contributed by atoms with van der Waals surface area (Å²) in [7, 11) is -3.50. The van der Waals surface area contributed by atoms with E-state index in [1.165, 1.54) is 0 Å². The van der Waals surface area contributed by atoms with Crippen LogP contribution in [0.2, 0.25) is 0 Å². The minimum absolute atomic E-state index is 0.0451. The molecule has 3 rings (SSSR count). The van der Waals surface area contributed by atoms with Gasteiger partial charge < -0.3 is 9.47 Å². The Morgan fingerprint density at radius 3 is 1.59 bits per heavy atom. The first-order valence-electron chi connectivity index (χ1n) is 10.5. The second-order valence-corrected chi connectivity index (χ2v) is 9.04. The molecule has 0 saturated carbocycles. The Labute approximate surface area is 191 Å². The second-order valence-electron chi connectivity index (χ2n) is 7.40. The van der Waals surface area contributed by atoms with Gasteiger partial charge in [0, 0.05) is 0 Å². The minimum atomic E-state index is -3.50. The summed E-state index contributed by atoms with van der Waals surface area (Å²) >= 11 is 0. The van der Waals surface area contributed by atoms with Crippen molar-refractivity contribution >= 4 is 10.1 Å². The number of rotatable bonds is 12. The van der Waals surface area contributed by atoms with Gasteiger partial charge in [-0.15, -0.1) is 0 Å². The summed E-state index contributed by atoms with van der Waals surface area (Å²) in [5.74, 6) is 0. The molecule has 0 aliphatic carbocycles. The van der Waals surface area contributed by atoms with E-state index in [9.17, 15) is 8.42 Å². The van der Waals surface area contributed by atoms with Crippen LogP contribution in [0.5, 0.6) is 0 Å². The molecule has 6 heteroatoms. The molecule has 0 N–H and O–H groups in total. The van der Waals surface area contributed by atoms with E-state index in [4.69, 9.17) is 13.7 Å². The van der Waals surface area contributed by atoms with Crippen LogP contribution in [0, 0.1) is 6.92 Å². The Hall–Kier alpha value is -2.51. The highest BCUT2D eigenvalue weighted by Gasteiger charge is 2.38. The fourth-order valence-corrected chi connectivity index (χ4v) is 3.97. The predicted octanol–water partition coefficient (Wildman–Crippen LogP) is 4.58. The van der Waals surface area contributed by atoms with Crippen molar-refractivity contribution in [1.29, 1.82) is 0 Å². The highest BCUT2D eigenvalue weighted by atomic mass is 32.2. The number of ether oxygens (including phenoxy) is 2. The molecule has 0 aromatic heterocycles. The third-order valence-corrected chi connectivity index (χ3v) is 5.68. The van der Waals surface area contributed by atoms with Crippen molar-refractivity contribution in [2.75, 3.05) is 26.1 Å². The molecule has 3 aromatic rings. The first-order valence-corrected chi connectivity index (χ1v) is 12.3. The summed E-state index contributed by atoms with van der Waals surface area (Å²) in [4.78, 5) is 0. The van der Waals surface area contributed by atoms with E-state index in [0.717, 1.165) is 22.9 Å². The number of hydrogen-bond donors (Lipinski definition) is 0. The quantitative estimate of drug-likeness (QED) is 0.228. The Balaban J connectivity index is 1.91. The fraction of sp³-hybridized carbons (Fsp3) is 0.269. The van der Waals surface area contributed by atoms with Crippen molar-refractivity contribution in [1.82, 2.24) is 0 Å². The van der Waals surface area contributed by atoms with Gasteiger partial charge in [-0.05, 0) is 23.1 Å². The summed E-state index contributed by atoms with van der Waals surface area (Å²) in [5.41, 5.74) is 2.16. The molecule has 0 spiro atoms. The van der Waals surface area contributed by atoms with Crippen LogP contribution in [0.15, 0.2) is 91.0 Å². The van der Waals surface area contributed by atoms with Crippen LogP contribution in [0.3, 0.4) is 0 Å². The first kappa shape index (κ1) is 24.1. The molecule has 169 valence electrons. The standard InChI is InChI=1S/C26H29O5S/c1-3-25(29-19-20-31-32(2,27)28)21-30-26(22-13-7-4-8-14-22,23-15-9-5-10-16-23)24-17-11-6-12-18-24/h4-18,25H,1,3,19-21H2,2H3/t25-/m0/s1. The van der Waals surface area contributed by atoms with E-state index < -0.39 is 15.7 Å². The van der Waals surface area contributed by atoms with Crippen LogP contribution in [-0.2, 0) is 29.4 Å². The molecule has 5 nitrogen and oxygen atoms in total. The molecule has 0 amide bonds. The van der Waals surface area contributed by atoms with E-state index in [1.54, 1.807) is 0 Å². The van der Waals surface area contributed by atoms with Gasteiger partial charge >= 0.3 is 0 Å². The van der Waals surface area contributed by atoms with Gasteiger partial charge in [0.1, 0.15) is 5.60 Å². The number of benzene rings is 3. The van der Waals surface area contributed by atoms with Gasteiger partial charge in [-0.3, -0.25) is 4.18 Å². The van der Waals surface area contributed by atoms with Crippen LogP contribution >= 0.6 is 0 Å². The monoisotopic (exact) mass is 453 g/mol. The third kappa shape index (κ3) is 6.26. The molecule has 0 heterocycles. The fourth-order valence-electron chi connectivity index (χ4n) is 3.60. The van der Waals surface area contributed by atoms with Crippen molar-refractivity contribution in [2.24, 2.45) is 0 Å². The average molecular weight is 454 g/mol. The zero-order chi connectivity index (χ0) is 22.9. The van der Waals surface area contributed by atoms with E-state index in [2.05, 4.69) is 43.3 Å². The summed E-state index contributed by atoms with van der Waals surface area (Å²) in [6.45, 7) is 4.32. The maximum absolute atomic E-state index is 11.2. The molecule has 0 fully saturated rings. The van der Waals surface area contributed by atoms with E-state index in [-0.39, 0.29) is 25.9 Å². The van der Waals surface area contributed by atoms with E-state index >= 15 is 0 Å². The lowest BCUT2D eigenvalue weighted by Crippen LogP contribution is -2.36. The van der Waals surface area contributed by atoms with E-state index in [1.807, 2.05) is 54.6 Å². The molecule has 0 saturated heterocycles. The molecule has 0 bridgehead atoms. The van der Waals surface area contributed by atoms with Crippen LogP contribution in [0.4, 0.5) is 0 Å². The zero-order valence-electron chi connectivity index (χ0n) is 18.2. The van der Waals surface area contributed by atoms with Crippen molar-refractivity contribution in [3.63, 3.8) is 0 Å². The van der Waals surface area contributed by atoms with Gasteiger partial charge in [0.25, 0.3) is 10.1 Å². The lowest BCUT2D eigenvalue weighted by atomic mass is 9.80. The van der Waals surface area contributed by atoms with Gasteiger partial charge in [0.2, 0.25) is 0 Å². The van der Waals surface area contributed by atoms with Crippen molar-refractivity contribution in [3.8, 4) is 0 Å². The van der Waals surface area contributed by atoms with Gasteiger partial charge in [0.15, 0.2) is 0 Å². The highest BCUT2D eigenvalue weighted by Crippen LogP contribution is 2.40. The lowest BCUT2D eigenvalue weighted by molar-refractivity contribution is -0.0675. The Bertz CT molecular complexity index is 941. The Kier molecular flexibility index (Phi) is 8.59. The molecular weight excluding hydrogens is 424 g/mol. The summed E-state index contributed by atoms with van der Waals surface area (Å²) in [5, 5.41) is 0. The van der Waals surface area contributed by atoms with Crippen molar-refractivity contribution < 1.29 is 22.1 Å². The minimum Gasteiger partial charge on any atom is -0.373 e. The average Bonchev–Trinajstić information content (AvgIpc) is 2.82. The van der Waals surface area contributed by atoms with Gasteiger partial charge in [0.05, 0.1) is 32.2 Å². The second kappa shape index (κ2) is 11.4. The van der Waals surface area contributed by atoms with Crippen molar-refractivity contribution in [3.05, 3.63) is 115 Å². The zero-order valence-corrected chi connectivity index (χ0v) is 19.0. The molecular formula is C26H29O5S. The molecule has 32 heavy (non-hydrogen) atoms. The van der Waals surface area contributed by atoms with Crippen molar-refractivity contribution in [2.45, 2.75) is 18.1 Å². The molecule has 1 atom stereocenters. The smallest absolute Gasteiger partial charge is 0.264 e. The molecule has 0 unspecified atom stereocenters. The maximum atomic E-state index is 11.2. The number of hydrogen-bond acceptors (Lipinski definition) is 5. The normalized spacial score (nSPS) is 13.1.